The highest BCUT2D eigenvalue weighted by atomic mass is 16.2. The number of nitrogens with one attached hydrogen (secondary N) is 1. The van der Waals surface area contributed by atoms with Crippen molar-refractivity contribution in [2.45, 2.75) is 51.9 Å². The number of fused-ring (bicyclic) bond motifs is 2. The maximum absolute atomic E-state index is 12.8. The van der Waals surface area contributed by atoms with Gasteiger partial charge in [0, 0.05) is 35.8 Å². The van der Waals surface area contributed by atoms with E-state index in [4.69, 9.17) is 4.98 Å². The van der Waals surface area contributed by atoms with E-state index in [-0.39, 0.29) is 0 Å². The molecule has 1 amide bonds. The van der Waals surface area contributed by atoms with Gasteiger partial charge in [-0.3, -0.25) is 4.79 Å². The number of para-hydroxylation sites is 1. The van der Waals surface area contributed by atoms with E-state index in [0.717, 1.165) is 66.6 Å². The summed E-state index contributed by atoms with van der Waals surface area (Å²) in [7, 11) is 0. The third kappa shape index (κ3) is 4.27. The molecule has 0 aliphatic carbocycles. The predicted molar refractivity (Wildman–Crippen MR) is 132 cm³/mol. The van der Waals surface area contributed by atoms with E-state index in [0.29, 0.717) is 12.3 Å². The van der Waals surface area contributed by atoms with Gasteiger partial charge in [-0.1, -0.05) is 48.7 Å². The first-order valence-electron chi connectivity index (χ1n) is 11.9. The predicted octanol–water partition coefficient (Wildman–Crippen LogP) is 6.42. The van der Waals surface area contributed by atoms with Gasteiger partial charge in [-0.05, 0) is 62.4 Å². The zero-order chi connectivity index (χ0) is 21.9. The zero-order valence-electron chi connectivity index (χ0n) is 18.9. The lowest BCUT2D eigenvalue weighted by Crippen LogP contribution is -2.31. The summed E-state index contributed by atoms with van der Waals surface area (Å²) in [4.78, 5) is 23.5. The van der Waals surface area contributed by atoms with Crippen LogP contribution in [0.5, 0.6) is 0 Å². The summed E-state index contributed by atoms with van der Waals surface area (Å²) in [6.07, 6.45) is 7.13. The largest absolute Gasteiger partial charge is 0.353 e. The fraction of sp³-hybridized carbons (Fsp3) is 0.357. The Labute approximate surface area is 189 Å². The maximum atomic E-state index is 12.8. The number of likely N-dealkylation sites (tertiary alicyclic amines) is 1. The third-order valence-corrected chi connectivity index (χ3v) is 6.69. The van der Waals surface area contributed by atoms with Crippen molar-refractivity contribution in [3.8, 4) is 11.4 Å². The van der Waals surface area contributed by atoms with Gasteiger partial charge in [0.25, 0.3) is 0 Å². The van der Waals surface area contributed by atoms with Crippen LogP contribution in [-0.4, -0.2) is 33.9 Å². The number of benzene rings is 2. The Kier molecular flexibility index (Phi) is 5.93. The normalized spacial score (nSPS) is 14.7. The van der Waals surface area contributed by atoms with Crippen LogP contribution in [0.2, 0.25) is 0 Å². The third-order valence-electron chi connectivity index (χ3n) is 6.69. The van der Waals surface area contributed by atoms with Gasteiger partial charge in [0.15, 0.2) is 0 Å². The molecule has 164 valence electrons. The Bertz CT molecular complexity index is 1250. The van der Waals surface area contributed by atoms with Crippen molar-refractivity contribution in [3.05, 3.63) is 65.7 Å². The number of amides is 1. The lowest BCUT2D eigenvalue weighted by molar-refractivity contribution is -0.131. The molecule has 1 N–H and O–H groups in total. The first-order chi connectivity index (χ1) is 15.7. The van der Waals surface area contributed by atoms with Crippen LogP contribution in [0.15, 0.2) is 54.6 Å². The number of carbonyl (C=O) groups excluding carboxylic acids is 1. The molecule has 1 fully saturated rings. The second-order valence-corrected chi connectivity index (χ2v) is 9.07. The van der Waals surface area contributed by atoms with Gasteiger partial charge in [-0.25, -0.2) is 4.98 Å². The maximum Gasteiger partial charge on any atom is 0.222 e. The molecule has 0 saturated carbocycles. The van der Waals surface area contributed by atoms with Gasteiger partial charge in [0.2, 0.25) is 5.91 Å². The van der Waals surface area contributed by atoms with Crippen LogP contribution in [-0.2, 0) is 11.2 Å². The smallest absolute Gasteiger partial charge is 0.222 e. The number of aromatic nitrogens is 2. The van der Waals surface area contributed by atoms with Crippen LogP contribution < -0.4 is 0 Å². The molecule has 1 aliphatic heterocycles. The molecule has 0 unspecified atom stereocenters. The van der Waals surface area contributed by atoms with Gasteiger partial charge in [-0.2, -0.15) is 0 Å². The molecule has 2 aromatic carbocycles. The van der Waals surface area contributed by atoms with Crippen molar-refractivity contribution in [1.82, 2.24) is 14.9 Å². The molecule has 1 saturated heterocycles. The van der Waals surface area contributed by atoms with Crippen LogP contribution in [0.1, 0.15) is 49.7 Å². The Morgan fingerprint density at radius 3 is 2.66 bits per heavy atom. The van der Waals surface area contributed by atoms with E-state index in [1.807, 2.05) is 12.1 Å². The lowest BCUT2D eigenvalue weighted by Gasteiger charge is -2.20. The standard InChI is InChI=1S/C28H31N3O/c1-20-13-15-25-23(19-20)22(10-8-12-27(32)31-17-6-2-3-7-18-31)28(30-25)26-16-14-21-9-4-5-11-24(21)29-26/h4-5,9,11,13-16,19,30H,2-3,6-8,10,12,17-18H2,1H3. The van der Waals surface area contributed by atoms with E-state index in [2.05, 4.69) is 59.3 Å². The highest BCUT2D eigenvalue weighted by Crippen LogP contribution is 2.32. The minimum atomic E-state index is 0.313. The molecule has 5 rings (SSSR count). The Morgan fingerprint density at radius 1 is 1.00 bits per heavy atom. The van der Waals surface area contributed by atoms with Crippen molar-refractivity contribution in [1.29, 1.82) is 0 Å². The molecule has 0 bridgehead atoms. The monoisotopic (exact) mass is 425 g/mol. The Hall–Kier alpha value is -3.14. The number of rotatable bonds is 5. The molecule has 4 heteroatoms. The van der Waals surface area contributed by atoms with Gasteiger partial charge in [0.05, 0.1) is 16.9 Å². The quantitative estimate of drug-likeness (QED) is 0.401. The number of nitrogens with zero attached hydrogens (tertiary/aromatic N) is 2. The van der Waals surface area contributed by atoms with Gasteiger partial charge < -0.3 is 9.88 Å². The summed E-state index contributed by atoms with van der Waals surface area (Å²) < 4.78 is 0. The van der Waals surface area contributed by atoms with E-state index in [1.54, 1.807) is 0 Å². The van der Waals surface area contributed by atoms with E-state index in [1.165, 1.54) is 29.4 Å². The van der Waals surface area contributed by atoms with Crippen molar-refractivity contribution in [2.24, 2.45) is 0 Å². The molecule has 4 aromatic rings. The number of aromatic amines is 1. The minimum Gasteiger partial charge on any atom is -0.353 e. The number of H-pyrrole nitrogens is 1. The van der Waals surface area contributed by atoms with Crippen molar-refractivity contribution in [3.63, 3.8) is 0 Å². The fourth-order valence-corrected chi connectivity index (χ4v) is 4.94. The SMILES string of the molecule is Cc1ccc2[nH]c(-c3ccc4ccccc4n3)c(CCCC(=O)N3CCCCCC3)c2c1. The van der Waals surface area contributed by atoms with E-state index in [9.17, 15) is 4.79 Å². The average molecular weight is 426 g/mol. The molecule has 2 aromatic heterocycles. The van der Waals surface area contributed by atoms with Gasteiger partial charge >= 0.3 is 0 Å². The van der Waals surface area contributed by atoms with E-state index >= 15 is 0 Å². The number of carbonyl (C=O) groups is 1. The molecule has 0 spiro atoms. The van der Waals surface area contributed by atoms with Gasteiger partial charge in [0.1, 0.15) is 0 Å². The molecule has 0 atom stereocenters. The Morgan fingerprint density at radius 2 is 1.81 bits per heavy atom. The fourth-order valence-electron chi connectivity index (χ4n) is 4.94. The first-order valence-corrected chi connectivity index (χ1v) is 11.9. The Balaban J connectivity index is 1.43. The van der Waals surface area contributed by atoms with Crippen molar-refractivity contribution in [2.75, 3.05) is 13.1 Å². The zero-order valence-corrected chi connectivity index (χ0v) is 18.9. The number of hydrogen-bond donors (Lipinski definition) is 1. The molecule has 0 radical (unpaired) electrons. The highest BCUT2D eigenvalue weighted by molar-refractivity contribution is 5.92. The second-order valence-electron chi connectivity index (χ2n) is 9.07. The summed E-state index contributed by atoms with van der Waals surface area (Å²) in [6.45, 7) is 3.99. The van der Waals surface area contributed by atoms with Crippen LogP contribution >= 0.6 is 0 Å². The minimum absolute atomic E-state index is 0.313. The second kappa shape index (κ2) is 9.15. The molecule has 32 heavy (non-hydrogen) atoms. The molecular formula is C28H31N3O. The van der Waals surface area contributed by atoms with Gasteiger partial charge in [-0.15, -0.1) is 0 Å². The first kappa shape index (κ1) is 20.7. The van der Waals surface area contributed by atoms with Crippen LogP contribution in [0.25, 0.3) is 33.2 Å². The summed E-state index contributed by atoms with van der Waals surface area (Å²) in [5, 5.41) is 2.39. The number of aryl methyl sites for hydroxylation is 2. The molecular weight excluding hydrogens is 394 g/mol. The number of pyridine rings is 1. The molecule has 3 heterocycles. The van der Waals surface area contributed by atoms with Crippen LogP contribution in [0.4, 0.5) is 0 Å². The van der Waals surface area contributed by atoms with Crippen molar-refractivity contribution < 1.29 is 4.79 Å². The topological polar surface area (TPSA) is 49.0 Å². The average Bonchev–Trinajstić information content (AvgIpc) is 2.98. The molecule has 4 nitrogen and oxygen atoms in total. The number of hydrogen-bond acceptors (Lipinski definition) is 2. The molecule has 1 aliphatic rings. The summed E-state index contributed by atoms with van der Waals surface area (Å²) in [6, 6.07) is 19.0. The highest BCUT2D eigenvalue weighted by Gasteiger charge is 2.18. The summed E-state index contributed by atoms with van der Waals surface area (Å²) >= 11 is 0. The van der Waals surface area contributed by atoms with E-state index < -0.39 is 0 Å². The van der Waals surface area contributed by atoms with Crippen molar-refractivity contribution >= 4 is 27.7 Å². The summed E-state index contributed by atoms with van der Waals surface area (Å²) in [5.41, 5.74) is 6.70. The van der Waals surface area contributed by atoms with Crippen LogP contribution in [0, 0.1) is 6.92 Å². The summed E-state index contributed by atoms with van der Waals surface area (Å²) in [5.74, 6) is 0.313. The van der Waals surface area contributed by atoms with Crippen LogP contribution in [0.3, 0.4) is 0 Å². The lowest BCUT2D eigenvalue weighted by atomic mass is 10.0.